The van der Waals surface area contributed by atoms with Gasteiger partial charge in [-0.15, -0.1) is 0 Å². The maximum atomic E-state index is 11.9. The number of benzene rings is 1. The summed E-state index contributed by atoms with van der Waals surface area (Å²) in [4.78, 5) is 0.0903. The van der Waals surface area contributed by atoms with Crippen LogP contribution in [-0.4, -0.2) is 14.6 Å². The molecule has 2 atom stereocenters. The van der Waals surface area contributed by atoms with Gasteiger partial charge in [0.2, 0.25) is 0 Å². The summed E-state index contributed by atoms with van der Waals surface area (Å²) in [6.45, 7) is 0. The van der Waals surface area contributed by atoms with Crippen LogP contribution in [-0.2, 0) is 14.4 Å². The van der Waals surface area contributed by atoms with Crippen molar-refractivity contribution in [2.45, 2.75) is 37.0 Å². The normalized spacial score (nSPS) is 23.4. The monoisotopic (exact) mass is 306 g/mol. The highest BCUT2D eigenvalue weighted by Crippen LogP contribution is 2.26. The van der Waals surface area contributed by atoms with Crippen LogP contribution in [0.4, 0.5) is 0 Å². The van der Waals surface area contributed by atoms with Crippen LogP contribution in [0, 0.1) is 23.2 Å². The maximum Gasteiger partial charge on any atom is 0.358 e. The number of nitrogens with zero attached hydrogens (tertiary/aromatic N) is 2. The highest BCUT2D eigenvalue weighted by atomic mass is 32.2. The third-order valence-corrected chi connectivity index (χ3v) is 4.77. The molecule has 1 saturated carbocycles. The van der Waals surface area contributed by atoms with Crippen molar-refractivity contribution in [3.8, 4) is 6.07 Å². The maximum absolute atomic E-state index is 11.9. The van der Waals surface area contributed by atoms with Crippen molar-refractivity contribution in [1.82, 2.24) is 0 Å². The van der Waals surface area contributed by atoms with Gasteiger partial charge in [-0.3, -0.25) is 4.28 Å². The summed E-state index contributed by atoms with van der Waals surface area (Å²) in [5, 5.41) is 12.6. The van der Waals surface area contributed by atoms with Crippen molar-refractivity contribution in [3.05, 3.63) is 30.3 Å². The second kappa shape index (κ2) is 7.23. The minimum absolute atomic E-state index is 0.0903. The van der Waals surface area contributed by atoms with Crippen molar-refractivity contribution in [3.63, 3.8) is 0 Å². The first-order chi connectivity index (χ1) is 10.1. The quantitative estimate of drug-likeness (QED) is 0.486. The van der Waals surface area contributed by atoms with E-state index in [4.69, 9.17) is 5.26 Å². The number of nitriles is 1. The summed E-state index contributed by atoms with van der Waals surface area (Å²) in [6.07, 6.45) is 6.01. The number of hydrogen-bond donors (Lipinski definition) is 0. The molecule has 0 amide bonds. The standard InChI is InChI=1S/C15H18N2O3S/c16-11-13-5-4-6-14(10-9-13)12-17-20-21(18,19)15-7-2-1-3-8-15/h1-3,7-8,12-14H,4-6,9-10H2. The molecule has 6 heteroatoms. The first-order valence-corrected chi connectivity index (χ1v) is 8.44. The Balaban J connectivity index is 1.92. The first kappa shape index (κ1) is 15.5. The van der Waals surface area contributed by atoms with E-state index in [9.17, 15) is 8.42 Å². The number of rotatable bonds is 4. The van der Waals surface area contributed by atoms with Gasteiger partial charge in [-0.2, -0.15) is 13.7 Å². The van der Waals surface area contributed by atoms with Gasteiger partial charge in [-0.25, -0.2) is 0 Å². The molecular weight excluding hydrogens is 288 g/mol. The lowest BCUT2D eigenvalue weighted by Crippen LogP contribution is -2.05. The van der Waals surface area contributed by atoms with Crippen molar-refractivity contribution < 1.29 is 12.7 Å². The van der Waals surface area contributed by atoms with Crippen LogP contribution in [0.2, 0.25) is 0 Å². The fourth-order valence-corrected chi connectivity index (χ4v) is 3.15. The van der Waals surface area contributed by atoms with E-state index >= 15 is 0 Å². The van der Waals surface area contributed by atoms with Gasteiger partial charge in [0.05, 0.1) is 6.07 Å². The molecule has 1 aromatic carbocycles. The average molecular weight is 306 g/mol. The summed E-state index contributed by atoms with van der Waals surface area (Å²) in [7, 11) is -3.84. The summed E-state index contributed by atoms with van der Waals surface area (Å²) >= 11 is 0. The van der Waals surface area contributed by atoms with E-state index in [0.717, 1.165) is 32.1 Å². The van der Waals surface area contributed by atoms with Crippen LogP contribution < -0.4 is 0 Å². The molecule has 0 aliphatic heterocycles. The molecule has 1 fully saturated rings. The number of oxime groups is 1. The van der Waals surface area contributed by atoms with Crippen LogP contribution in [0.25, 0.3) is 0 Å². The molecule has 112 valence electrons. The largest absolute Gasteiger partial charge is 0.358 e. The average Bonchev–Trinajstić information content (AvgIpc) is 2.73. The van der Waals surface area contributed by atoms with E-state index in [1.54, 1.807) is 24.4 Å². The molecule has 0 N–H and O–H groups in total. The van der Waals surface area contributed by atoms with E-state index in [1.807, 2.05) is 0 Å². The van der Waals surface area contributed by atoms with Gasteiger partial charge in [0, 0.05) is 12.1 Å². The predicted molar refractivity (Wildman–Crippen MR) is 78.9 cm³/mol. The van der Waals surface area contributed by atoms with E-state index in [2.05, 4.69) is 15.5 Å². The van der Waals surface area contributed by atoms with Gasteiger partial charge >= 0.3 is 10.1 Å². The van der Waals surface area contributed by atoms with Crippen LogP contribution in [0.1, 0.15) is 32.1 Å². The Morgan fingerprint density at radius 1 is 1.19 bits per heavy atom. The fraction of sp³-hybridized carbons (Fsp3) is 0.467. The minimum Gasteiger partial charge on any atom is -0.265 e. The molecule has 0 radical (unpaired) electrons. The van der Waals surface area contributed by atoms with Gasteiger partial charge in [0.15, 0.2) is 0 Å². The molecule has 1 aliphatic carbocycles. The highest BCUT2D eigenvalue weighted by molar-refractivity contribution is 7.86. The summed E-state index contributed by atoms with van der Waals surface area (Å²) in [6, 6.07) is 10.2. The Morgan fingerprint density at radius 2 is 1.95 bits per heavy atom. The molecule has 0 spiro atoms. The van der Waals surface area contributed by atoms with E-state index in [-0.39, 0.29) is 16.7 Å². The molecule has 0 heterocycles. The SMILES string of the molecule is N#CC1CCCC(C=NOS(=O)(=O)c2ccccc2)CC1. The Bertz CT molecular complexity index is 620. The second-order valence-corrected chi connectivity index (χ2v) is 6.72. The van der Waals surface area contributed by atoms with Crippen LogP contribution >= 0.6 is 0 Å². The zero-order chi connectivity index (χ0) is 15.1. The summed E-state index contributed by atoms with van der Waals surface area (Å²) < 4.78 is 28.4. The van der Waals surface area contributed by atoms with Crippen LogP contribution in [0.5, 0.6) is 0 Å². The van der Waals surface area contributed by atoms with Gasteiger partial charge in [-0.1, -0.05) is 29.8 Å². The molecule has 2 unspecified atom stereocenters. The molecule has 2 rings (SSSR count). The van der Waals surface area contributed by atoms with Gasteiger partial charge < -0.3 is 0 Å². The van der Waals surface area contributed by atoms with E-state index < -0.39 is 10.1 Å². The van der Waals surface area contributed by atoms with Crippen LogP contribution in [0.3, 0.4) is 0 Å². The van der Waals surface area contributed by atoms with E-state index in [0.29, 0.717) is 0 Å². The minimum atomic E-state index is -3.84. The van der Waals surface area contributed by atoms with Gasteiger partial charge in [0.1, 0.15) is 4.90 Å². The molecule has 1 aliphatic rings. The van der Waals surface area contributed by atoms with Crippen LogP contribution in [0.15, 0.2) is 40.4 Å². The second-order valence-electron chi connectivity index (χ2n) is 5.19. The highest BCUT2D eigenvalue weighted by Gasteiger charge is 2.18. The molecule has 21 heavy (non-hydrogen) atoms. The van der Waals surface area contributed by atoms with Crippen molar-refractivity contribution in [2.75, 3.05) is 0 Å². The Labute approximate surface area is 125 Å². The Morgan fingerprint density at radius 3 is 2.67 bits per heavy atom. The summed E-state index contributed by atoms with van der Waals surface area (Å²) in [5.41, 5.74) is 0. The van der Waals surface area contributed by atoms with Gasteiger partial charge in [-0.05, 0) is 43.7 Å². The summed E-state index contributed by atoms with van der Waals surface area (Å²) in [5.74, 6) is 0.284. The molecular formula is C15H18N2O3S. The molecule has 5 nitrogen and oxygen atoms in total. The fourth-order valence-electron chi connectivity index (χ4n) is 2.41. The Hall–Kier alpha value is -1.87. The molecule has 1 aromatic rings. The molecule has 0 saturated heterocycles. The Kier molecular flexibility index (Phi) is 5.34. The zero-order valence-corrected chi connectivity index (χ0v) is 12.5. The lowest BCUT2D eigenvalue weighted by Gasteiger charge is -2.06. The molecule has 0 aromatic heterocycles. The van der Waals surface area contributed by atoms with Crippen molar-refractivity contribution in [1.29, 1.82) is 5.26 Å². The number of hydrogen-bond acceptors (Lipinski definition) is 5. The smallest absolute Gasteiger partial charge is 0.265 e. The lowest BCUT2D eigenvalue weighted by atomic mass is 10.0. The van der Waals surface area contributed by atoms with Crippen molar-refractivity contribution >= 4 is 16.3 Å². The van der Waals surface area contributed by atoms with Gasteiger partial charge in [0.25, 0.3) is 0 Å². The van der Waals surface area contributed by atoms with E-state index in [1.165, 1.54) is 12.1 Å². The topological polar surface area (TPSA) is 79.5 Å². The third-order valence-electron chi connectivity index (χ3n) is 3.64. The zero-order valence-electron chi connectivity index (χ0n) is 11.7. The van der Waals surface area contributed by atoms with Crippen molar-refractivity contribution in [2.24, 2.45) is 17.0 Å². The molecule has 0 bridgehead atoms. The lowest BCUT2D eigenvalue weighted by molar-refractivity contribution is 0.337. The third kappa shape index (κ3) is 4.57. The first-order valence-electron chi connectivity index (χ1n) is 7.03. The predicted octanol–water partition coefficient (Wildman–Crippen LogP) is 3.10.